The van der Waals surface area contributed by atoms with Crippen LogP contribution in [-0.2, 0) is 0 Å². The summed E-state index contributed by atoms with van der Waals surface area (Å²) >= 11 is 0. The second-order valence-corrected chi connectivity index (χ2v) is 4.68. The van der Waals surface area contributed by atoms with E-state index in [4.69, 9.17) is 5.73 Å². The van der Waals surface area contributed by atoms with Gasteiger partial charge in [0.1, 0.15) is 0 Å². The molecule has 0 fully saturated rings. The molecule has 17 heavy (non-hydrogen) atoms. The first-order chi connectivity index (χ1) is 8.27. The minimum atomic E-state index is 0.289. The number of nitrogens with two attached hydrogens (primary N) is 1. The summed E-state index contributed by atoms with van der Waals surface area (Å²) in [6, 6.07) is 10.9. The van der Waals surface area contributed by atoms with E-state index in [0.717, 1.165) is 25.9 Å². The van der Waals surface area contributed by atoms with Crippen molar-refractivity contribution >= 4 is 5.69 Å². The quantitative estimate of drug-likeness (QED) is 0.747. The molecule has 0 aliphatic rings. The molecule has 0 saturated heterocycles. The number of nitrogens with zero attached hydrogens (tertiary/aromatic N) is 1. The summed E-state index contributed by atoms with van der Waals surface area (Å²) in [4.78, 5) is 2.42. The molecular formula is C15H26N2. The summed E-state index contributed by atoms with van der Waals surface area (Å²) < 4.78 is 0. The van der Waals surface area contributed by atoms with Gasteiger partial charge in [0.25, 0.3) is 0 Å². The van der Waals surface area contributed by atoms with Crippen molar-refractivity contribution in [3.05, 3.63) is 30.3 Å². The van der Waals surface area contributed by atoms with Gasteiger partial charge in [0.15, 0.2) is 0 Å². The van der Waals surface area contributed by atoms with E-state index in [0.29, 0.717) is 0 Å². The van der Waals surface area contributed by atoms with Gasteiger partial charge in [-0.05, 0) is 25.0 Å². The molecule has 1 aromatic rings. The third-order valence-electron chi connectivity index (χ3n) is 3.02. The van der Waals surface area contributed by atoms with Crippen LogP contribution in [0.1, 0.15) is 39.5 Å². The highest BCUT2D eigenvalue weighted by Crippen LogP contribution is 2.15. The molecule has 1 atom stereocenters. The van der Waals surface area contributed by atoms with Crippen molar-refractivity contribution in [2.75, 3.05) is 18.0 Å². The Morgan fingerprint density at radius 3 is 2.41 bits per heavy atom. The Labute approximate surface area is 106 Å². The van der Waals surface area contributed by atoms with Crippen LogP contribution < -0.4 is 10.6 Å². The number of unbranched alkanes of at least 4 members (excludes halogenated alkanes) is 1. The van der Waals surface area contributed by atoms with E-state index < -0.39 is 0 Å². The maximum atomic E-state index is 6.15. The van der Waals surface area contributed by atoms with Crippen molar-refractivity contribution in [2.45, 2.75) is 45.6 Å². The van der Waals surface area contributed by atoms with E-state index in [1.807, 2.05) is 0 Å². The molecule has 0 bridgehead atoms. The predicted molar refractivity (Wildman–Crippen MR) is 76.4 cm³/mol. The molecule has 0 aliphatic carbocycles. The van der Waals surface area contributed by atoms with Crippen LogP contribution in [0.5, 0.6) is 0 Å². The zero-order chi connectivity index (χ0) is 12.5. The van der Waals surface area contributed by atoms with Crippen molar-refractivity contribution < 1.29 is 0 Å². The number of rotatable bonds is 8. The molecule has 0 amide bonds. The molecule has 0 heterocycles. The van der Waals surface area contributed by atoms with Crippen LogP contribution in [0.25, 0.3) is 0 Å². The van der Waals surface area contributed by atoms with Gasteiger partial charge in [-0.25, -0.2) is 0 Å². The van der Waals surface area contributed by atoms with Gasteiger partial charge in [0.05, 0.1) is 0 Å². The Kier molecular flexibility index (Phi) is 6.71. The number of benzene rings is 1. The van der Waals surface area contributed by atoms with Crippen LogP contribution in [0.3, 0.4) is 0 Å². The minimum absolute atomic E-state index is 0.289. The van der Waals surface area contributed by atoms with Gasteiger partial charge in [0.2, 0.25) is 0 Å². The van der Waals surface area contributed by atoms with Gasteiger partial charge in [-0.2, -0.15) is 0 Å². The van der Waals surface area contributed by atoms with E-state index in [2.05, 4.69) is 49.1 Å². The van der Waals surface area contributed by atoms with Crippen LogP contribution >= 0.6 is 0 Å². The number of hydrogen-bond acceptors (Lipinski definition) is 2. The summed E-state index contributed by atoms with van der Waals surface area (Å²) in [5.74, 6) is 0. The largest absolute Gasteiger partial charge is 0.370 e. The summed E-state index contributed by atoms with van der Waals surface area (Å²) in [6.07, 6.45) is 4.73. The zero-order valence-corrected chi connectivity index (χ0v) is 11.2. The Hall–Kier alpha value is -1.02. The number of para-hydroxylation sites is 1. The summed E-state index contributed by atoms with van der Waals surface area (Å²) in [5.41, 5.74) is 7.45. The molecule has 0 spiro atoms. The standard InChI is InChI=1S/C15H26N2/c1-3-5-12-17(13-14(16)9-4-2)15-10-7-6-8-11-15/h6-8,10-11,14H,3-5,9,12-13,16H2,1-2H3. The molecule has 1 rings (SSSR count). The Morgan fingerprint density at radius 1 is 1.12 bits per heavy atom. The topological polar surface area (TPSA) is 29.3 Å². The average molecular weight is 234 g/mol. The SMILES string of the molecule is CCCCN(CC(N)CCC)c1ccccc1. The average Bonchev–Trinajstić information content (AvgIpc) is 2.36. The van der Waals surface area contributed by atoms with Crippen molar-refractivity contribution in [3.63, 3.8) is 0 Å². The lowest BCUT2D eigenvalue weighted by molar-refractivity contribution is 0.573. The van der Waals surface area contributed by atoms with Gasteiger partial charge in [-0.15, -0.1) is 0 Å². The fourth-order valence-electron chi connectivity index (χ4n) is 2.06. The lowest BCUT2D eigenvalue weighted by atomic mass is 10.1. The van der Waals surface area contributed by atoms with Gasteiger partial charge >= 0.3 is 0 Å². The summed E-state index contributed by atoms with van der Waals surface area (Å²) in [5, 5.41) is 0. The highest BCUT2D eigenvalue weighted by molar-refractivity contribution is 5.46. The summed E-state index contributed by atoms with van der Waals surface area (Å²) in [7, 11) is 0. The smallest absolute Gasteiger partial charge is 0.0366 e. The van der Waals surface area contributed by atoms with E-state index in [1.165, 1.54) is 18.5 Å². The van der Waals surface area contributed by atoms with Crippen LogP contribution in [-0.4, -0.2) is 19.1 Å². The maximum Gasteiger partial charge on any atom is 0.0366 e. The molecule has 96 valence electrons. The molecule has 1 unspecified atom stereocenters. The first-order valence-electron chi connectivity index (χ1n) is 6.83. The van der Waals surface area contributed by atoms with Crippen LogP contribution in [0.15, 0.2) is 30.3 Å². The lowest BCUT2D eigenvalue weighted by Crippen LogP contribution is -2.38. The number of anilines is 1. The van der Waals surface area contributed by atoms with Crippen LogP contribution in [0.4, 0.5) is 5.69 Å². The minimum Gasteiger partial charge on any atom is -0.370 e. The van der Waals surface area contributed by atoms with Gasteiger partial charge in [0, 0.05) is 24.8 Å². The van der Waals surface area contributed by atoms with E-state index in [-0.39, 0.29) is 6.04 Å². The molecule has 0 saturated carbocycles. The van der Waals surface area contributed by atoms with Gasteiger partial charge in [-0.3, -0.25) is 0 Å². The first-order valence-corrected chi connectivity index (χ1v) is 6.83. The highest BCUT2D eigenvalue weighted by Gasteiger charge is 2.10. The molecule has 2 N–H and O–H groups in total. The second kappa shape index (κ2) is 8.13. The molecule has 2 heteroatoms. The van der Waals surface area contributed by atoms with Crippen molar-refractivity contribution in [1.29, 1.82) is 0 Å². The van der Waals surface area contributed by atoms with Gasteiger partial charge < -0.3 is 10.6 Å². The van der Waals surface area contributed by atoms with Gasteiger partial charge in [-0.1, -0.05) is 44.9 Å². The van der Waals surface area contributed by atoms with Crippen LogP contribution in [0, 0.1) is 0 Å². The summed E-state index contributed by atoms with van der Waals surface area (Å²) in [6.45, 7) is 6.50. The third kappa shape index (κ3) is 5.22. The monoisotopic (exact) mass is 234 g/mol. The van der Waals surface area contributed by atoms with E-state index >= 15 is 0 Å². The Morgan fingerprint density at radius 2 is 1.82 bits per heavy atom. The van der Waals surface area contributed by atoms with E-state index in [1.54, 1.807) is 0 Å². The van der Waals surface area contributed by atoms with Crippen molar-refractivity contribution in [2.24, 2.45) is 5.73 Å². The predicted octanol–water partition coefficient (Wildman–Crippen LogP) is 3.42. The maximum absolute atomic E-state index is 6.15. The highest BCUT2D eigenvalue weighted by atomic mass is 15.1. The second-order valence-electron chi connectivity index (χ2n) is 4.68. The molecular weight excluding hydrogens is 208 g/mol. The molecule has 2 nitrogen and oxygen atoms in total. The van der Waals surface area contributed by atoms with Crippen molar-refractivity contribution in [3.8, 4) is 0 Å². The van der Waals surface area contributed by atoms with Crippen molar-refractivity contribution in [1.82, 2.24) is 0 Å². The molecule has 0 aliphatic heterocycles. The zero-order valence-electron chi connectivity index (χ0n) is 11.2. The fourth-order valence-corrected chi connectivity index (χ4v) is 2.06. The molecule has 0 aromatic heterocycles. The first kappa shape index (κ1) is 14.0. The normalized spacial score (nSPS) is 12.4. The van der Waals surface area contributed by atoms with Crippen LogP contribution in [0.2, 0.25) is 0 Å². The molecule has 0 radical (unpaired) electrons. The lowest BCUT2D eigenvalue weighted by Gasteiger charge is -2.27. The molecule has 1 aromatic carbocycles. The Balaban J connectivity index is 2.60. The van der Waals surface area contributed by atoms with E-state index in [9.17, 15) is 0 Å². The third-order valence-corrected chi connectivity index (χ3v) is 3.02. The Bertz CT molecular complexity index is 284. The number of hydrogen-bond donors (Lipinski definition) is 1. The fraction of sp³-hybridized carbons (Fsp3) is 0.600.